The molecule has 1 aromatic heterocycles. The van der Waals surface area contributed by atoms with Gasteiger partial charge < -0.3 is 0 Å². The van der Waals surface area contributed by atoms with Gasteiger partial charge in [0.2, 0.25) is 0 Å². The molecule has 0 N–H and O–H groups in total. The number of hydrogen-bond acceptors (Lipinski definition) is 2. The monoisotopic (exact) mass is 294 g/mol. The Morgan fingerprint density at radius 3 is 2.47 bits per heavy atom. The molecule has 100 valence electrons. The summed E-state index contributed by atoms with van der Waals surface area (Å²) in [6, 6.07) is 12.1. The number of aromatic nitrogens is 1. The van der Waals surface area contributed by atoms with Crippen LogP contribution in [0.4, 0.5) is 0 Å². The highest BCUT2D eigenvalue weighted by Gasteiger charge is 2.13. The number of benzene rings is 1. The molecule has 0 saturated heterocycles. The highest BCUT2D eigenvalue weighted by Crippen LogP contribution is 2.23. The molecule has 1 aromatic carbocycles. The number of nitrogens with zero attached hydrogens (tertiary/aromatic N) is 2. The molecule has 0 bridgehead atoms. The van der Waals surface area contributed by atoms with Crippen LogP contribution in [-0.4, -0.2) is 16.9 Å². The Morgan fingerprint density at radius 1 is 1.16 bits per heavy atom. The first-order valence-electron chi connectivity index (χ1n) is 6.13. The van der Waals surface area contributed by atoms with Crippen molar-refractivity contribution in [2.75, 3.05) is 7.05 Å². The maximum Gasteiger partial charge on any atom is 0.133 e. The molecule has 0 aliphatic carbocycles. The van der Waals surface area contributed by atoms with E-state index in [1.165, 1.54) is 5.56 Å². The Balaban J connectivity index is 2.09. The summed E-state index contributed by atoms with van der Waals surface area (Å²) in [5.74, 6) is 0. The van der Waals surface area contributed by atoms with Crippen molar-refractivity contribution in [3.8, 4) is 0 Å². The second-order valence-corrected chi connectivity index (χ2v) is 5.39. The average molecular weight is 295 g/mol. The third kappa shape index (κ3) is 3.69. The number of rotatable bonds is 4. The lowest BCUT2D eigenvalue weighted by Crippen LogP contribution is -2.22. The van der Waals surface area contributed by atoms with Gasteiger partial charge in [-0.15, -0.1) is 0 Å². The van der Waals surface area contributed by atoms with Crippen molar-refractivity contribution in [2.45, 2.75) is 19.5 Å². The van der Waals surface area contributed by atoms with E-state index in [1.54, 1.807) is 6.20 Å². The second kappa shape index (κ2) is 6.38. The van der Waals surface area contributed by atoms with E-state index >= 15 is 0 Å². The second-order valence-electron chi connectivity index (χ2n) is 4.60. The van der Waals surface area contributed by atoms with Gasteiger partial charge in [0, 0.05) is 29.4 Å². The van der Waals surface area contributed by atoms with E-state index in [1.807, 2.05) is 36.4 Å². The van der Waals surface area contributed by atoms with Gasteiger partial charge in [0.15, 0.2) is 0 Å². The molecule has 0 amide bonds. The van der Waals surface area contributed by atoms with Crippen LogP contribution < -0.4 is 0 Å². The molecule has 1 unspecified atom stereocenters. The number of hydrogen-bond donors (Lipinski definition) is 0. The Kier molecular flexibility index (Phi) is 4.81. The summed E-state index contributed by atoms with van der Waals surface area (Å²) in [5, 5.41) is 1.33. The Hall–Kier alpha value is -1.09. The van der Waals surface area contributed by atoms with Crippen LogP contribution in [0.25, 0.3) is 0 Å². The quantitative estimate of drug-likeness (QED) is 0.767. The Morgan fingerprint density at radius 2 is 1.84 bits per heavy atom. The van der Waals surface area contributed by atoms with Crippen LogP contribution in [0.2, 0.25) is 10.2 Å². The van der Waals surface area contributed by atoms with Gasteiger partial charge >= 0.3 is 0 Å². The van der Waals surface area contributed by atoms with Gasteiger partial charge in [-0.1, -0.05) is 41.4 Å². The predicted molar refractivity (Wildman–Crippen MR) is 80.6 cm³/mol. The maximum atomic E-state index is 6.08. The Bertz CT molecular complexity index is 540. The van der Waals surface area contributed by atoms with E-state index in [4.69, 9.17) is 23.2 Å². The van der Waals surface area contributed by atoms with Crippen molar-refractivity contribution in [2.24, 2.45) is 0 Å². The lowest BCUT2D eigenvalue weighted by molar-refractivity contribution is 0.253. The predicted octanol–water partition coefficient (Wildman–Crippen LogP) is 4.58. The summed E-state index contributed by atoms with van der Waals surface area (Å²) in [6.45, 7) is 2.92. The molecular weight excluding hydrogens is 279 g/mol. The minimum Gasteiger partial charge on any atom is -0.295 e. The minimum atomic E-state index is 0.286. The number of pyridine rings is 1. The van der Waals surface area contributed by atoms with E-state index in [9.17, 15) is 0 Å². The maximum absolute atomic E-state index is 6.08. The van der Waals surface area contributed by atoms with Crippen molar-refractivity contribution in [1.29, 1.82) is 0 Å². The fourth-order valence-corrected chi connectivity index (χ4v) is 2.24. The molecule has 0 aliphatic heterocycles. The van der Waals surface area contributed by atoms with Gasteiger partial charge in [-0.3, -0.25) is 4.90 Å². The highest BCUT2D eigenvalue weighted by atomic mass is 35.5. The molecule has 19 heavy (non-hydrogen) atoms. The highest BCUT2D eigenvalue weighted by molar-refractivity contribution is 6.30. The van der Waals surface area contributed by atoms with E-state index in [-0.39, 0.29) is 6.04 Å². The van der Waals surface area contributed by atoms with Crippen LogP contribution >= 0.6 is 23.2 Å². The van der Waals surface area contributed by atoms with Crippen molar-refractivity contribution in [3.05, 3.63) is 63.9 Å². The normalized spacial score (nSPS) is 12.7. The van der Waals surface area contributed by atoms with Crippen LogP contribution in [-0.2, 0) is 6.54 Å². The number of halogens is 2. The van der Waals surface area contributed by atoms with E-state index < -0.39 is 0 Å². The summed E-state index contributed by atoms with van der Waals surface area (Å²) < 4.78 is 0. The third-order valence-electron chi connectivity index (χ3n) is 3.27. The molecule has 2 rings (SSSR count). The van der Waals surface area contributed by atoms with Gasteiger partial charge in [0.25, 0.3) is 0 Å². The first kappa shape index (κ1) is 14.3. The summed E-state index contributed by atoms with van der Waals surface area (Å²) in [5.41, 5.74) is 2.26. The summed E-state index contributed by atoms with van der Waals surface area (Å²) >= 11 is 12.0. The molecule has 0 radical (unpaired) electrons. The largest absolute Gasteiger partial charge is 0.295 e. The molecule has 1 atom stereocenters. The van der Waals surface area contributed by atoms with Crippen LogP contribution in [0, 0.1) is 0 Å². The standard InChI is InChI=1S/C15H16Cl2N2/c1-11(12-5-7-14(16)8-6-12)19(2)10-13-4-3-9-18-15(13)17/h3-9,11H,10H2,1-2H3. The molecular formula is C15H16Cl2N2. The van der Waals surface area contributed by atoms with Crippen molar-refractivity contribution < 1.29 is 0 Å². The molecule has 2 aromatic rings. The van der Waals surface area contributed by atoms with E-state index in [2.05, 4.69) is 23.9 Å². The zero-order valence-electron chi connectivity index (χ0n) is 11.0. The van der Waals surface area contributed by atoms with E-state index in [0.717, 1.165) is 17.1 Å². The first-order chi connectivity index (χ1) is 9.08. The molecule has 0 fully saturated rings. The third-order valence-corrected chi connectivity index (χ3v) is 3.86. The lowest BCUT2D eigenvalue weighted by Gasteiger charge is -2.25. The van der Waals surface area contributed by atoms with Crippen LogP contribution in [0.5, 0.6) is 0 Å². The summed E-state index contributed by atoms with van der Waals surface area (Å²) in [7, 11) is 2.07. The fraction of sp³-hybridized carbons (Fsp3) is 0.267. The lowest BCUT2D eigenvalue weighted by atomic mass is 10.1. The minimum absolute atomic E-state index is 0.286. The molecule has 4 heteroatoms. The van der Waals surface area contributed by atoms with E-state index in [0.29, 0.717) is 5.15 Å². The van der Waals surface area contributed by atoms with Crippen molar-refractivity contribution >= 4 is 23.2 Å². The van der Waals surface area contributed by atoms with Gasteiger partial charge in [-0.25, -0.2) is 4.98 Å². The first-order valence-corrected chi connectivity index (χ1v) is 6.88. The Labute approximate surface area is 124 Å². The smallest absolute Gasteiger partial charge is 0.133 e. The van der Waals surface area contributed by atoms with Crippen molar-refractivity contribution in [1.82, 2.24) is 9.88 Å². The SMILES string of the molecule is CC(c1ccc(Cl)cc1)N(C)Cc1cccnc1Cl. The van der Waals surface area contributed by atoms with Gasteiger partial charge in [0.05, 0.1) is 0 Å². The topological polar surface area (TPSA) is 16.1 Å². The molecule has 0 aliphatic rings. The van der Waals surface area contributed by atoms with Crippen LogP contribution in [0.1, 0.15) is 24.1 Å². The molecule has 0 spiro atoms. The van der Waals surface area contributed by atoms with Crippen LogP contribution in [0.15, 0.2) is 42.6 Å². The molecule has 0 saturated carbocycles. The summed E-state index contributed by atoms with van der Waals surface area (Å²) in [6.07, 6.45) is 1.70. The fourth-order valence-electron chi connectivity index (χ4n) is 1.94. The average Bonchev–Trinajstić information content (AvgIpc) is 2.41. The van der Waals surface area contributed by atoms with Crippen LogP contribution in [0.3, 0.4) is 0 Å². The zero-order chi connectivity index (χ0) is 13.8. The zero-order valence-corrected chi connectivity index (χ0v) is 12.5. The molecule has 1 heterocycles. The molecule has 2 nitrogen and oxygen atoms in total. The van der Waals surface area contributed by atoms with Gasteiger partial charge in [0.1, 0.15) is 5.15 Å². The van der Waals surface area contributed by atoms with Gasteiger partial charge in [-0.2, -0.15) is 0 Å². The summed E-state index contributed by atoms with van der Waals surface area (Å²) in [4.78, 5) is 6.33. The van der Waals surface area contributed by atoms with Gasteiger partial charge in [-0.05, 0) is 37.7 Å². The van der Waals surface area contributed by atoms with Crippen molar-refractivity contribution in [3.63, 3.8) is 0 Å².